The Bertz CT molecular complexity index is 753. The molecule has 0 amide bonds. The van der Waals surface area contributed by atoms with Crippen LogP contribution in [0.3, 0.4) is 0 Å². The lowest BCUT2D eigenvalue weighted by Gasteiger charge is -2.01. The van der Waals surface area contributed by atoms with Gasteiger partial charge in [-0.25, -0.2) is 0 Å². The summed E-state index contributed by atoms with van der Waals surface area (Å²) in [7, 11) is 0. The van der Waals surface area contributed by atoms with Gasteiger partial charge in [0.05, 0.1) is 0 Å². The van der Waals surface area contributed by atoms with E-state index in [4.69, 9.17) is 0 Å². The van der Waals surface area contributed by atoms with Crippen LogP contribution in [0.1, 0.15) is 5.56 Å². The number of H-pyrrole nitrogens is 2. The van der Waals surface area contributed by atoms with Crippen LogP contribution in [-0.2, 0) is 0 Å². The second-order valence-electron chi connectivity index (χ2n) is 3.91. The van der Waals surface area contributed by atoms with Crippen LogP contribution in [-0.4, -0.2) is 15.1 Å². The summed E-state index contributed by atoms with van der Waals surface area (Å²) in [6.45, 7) is 1.93. The van der Waals surface area contributed by atoms with Crippen LogP contribution in [0.15, 0.2) is 29.2 Å². The van der Waals surface area contributed by atoms with E-state index < -0.39 is 0 Å². The molecule has 2 heterocycles. The lowest BCUT2D eigenvalue weighted by atomic mass is 10.1. The van der Waals surface area contributed by atoms with Gasteiger partial charge in [0.1, 0.15) is 11.3 Å². The molecule has 4 heteroatoms. The predicted molar refractivity (Wildman–Crippen MR) is 62.8 cm³/mol. The molecule has 0 unspecified atom stereocenters. The van der Waals surface area contributed by atoms with Crippen LogP contribution in [0.25, 0.3) is 21.8 Å². The first-order valence-corrected chi connectivity index (χ1v) is 4.99. The van der Waals surface area contributed by atoms with Crippen molar-refractivity contribution >= 4 is 21.8 Å². The first kappa shape index (κ1) is 9.03. The number of phenolic OH excluding ortho intramolecular Hbond substituents is 1. The minimum Gasteiger partial charge on any atom is -0.508 e. The molecule has 0 atom stereocenters. The van der Waals surface area contributed by atoms with Crippen LogP contribution < -0.4 is 5.56 Å². The number of pyridine rings is 1. The Kier molecular flexibility index (Phi) is 1.63. The van der Waals surface area contributed by atoms with Gasteiger partial charge in [-0.3, -0.25) is 4.79 Å². The maximum Gasteiger partial charge on any atom is 0.272 e. The number of aromatic hydroxyl groups is 1. The summed E-state index contributed by atoms with van der Waals surface area (Å²) in [5.41, 5.74) is 2.14. The lowest BCUT2D eigenvalue weighted by Crippen LogP contribution is -2.05. The molecule has 2 aromatic heterocycles. The molecule has 0 aliphatic rings. The summed E-state index contributed by atoms with van der Waals surface area (Å²) in [5.74, 6) is 0.196. The minimum absolute atomic E-state index is 0.138. The van der Waals surface area contributed by atoms with Crippen LogP contribution in [0, 0.1) is 6.92 Å². The van der Waals surface area contributed by atoms with E-state index >= 15 is 0 Å². The molecular formula is C12H10N2O2. The van der Waals surface area contributed by atoms with E-state index in [1.165, 1.54) is 0 Å². The maximum atomic E-state index is 11.7. The Labute approximate surface area is 90.5 Å². The summed E-state index contributed by atoms with van der Waals surface area (Å²) in [6.07, 6.45) is 1.80. The molecule has 16 heavy (non-hydrogen) atoms. The van der Waals surface area contributed by atoms with Gasteiger partial charge in [-0.15, -0.1) is 0 Å². The number of hydrogen-bond donors (Lipinski definition) is 3. The molecule has 0 bridgehead atoms. The van der Waals surface area contributed by atoms with E-state index in [2.05, 4.69) is 9.97 Å². The van der Waals surface area contributed by atoms with Crippen molar-refractivity contribution in [1.82, 2.24) is 9.97 Å². The first-order valence-electron chi connectivity index (χ1n) is 4.99. The molecule has 0 saturated carbocycles. The normalized spacial score (nSPS) is 11.3. The van der Waals surface area contributed by atoms with Gasteiger partial charge in [0.2, 0.25) is 0 Å². The molecule has 1 aromatic carbocycles. The van der Waals surface area contributed by atoms with Gasteiger partial charge < -0.3 is 15.1 Å². The minimum atomic E-state index is -0.138. The number of aryl methyl sites for hydroxylation is 1. The fourth-order valence-corrected chi connectivity index (χ4v) is 2.08. The average molecular weight is 214 g/mol. The molecule has 3 rings (SSSR count). The summed E-state index contributed by atoms with van der Waals surface area (Å²) in [6, 6.07) is 4.93. The highest BCUT2D eigenvalue weighted by atomic mass is 16.3. The van der Waals surface area contributed by atoms with Crippen molar-refractivity contribution in [1.29, 1.82) is 0 Å². The predicted octanol–water partition coefficient (Wildman–Crippen LogP) is 2.02. The summed E-state index contributed by atoms with van der Waals surface area (Å²) < 4.78 is 0. The highest BCUT2D eigenvalue weighted by molar-refractivity contribution is 6.06. The van der Waals surface area contributed by atoms with Gasteiger partial charge in [-0.2, -0.15) is 0 Å². The third-order valence-corrected chi connectivity index (χ3v) is 2.83. The van der Waals surface area contributed by atoms with Gasteiger partial charge in [0, 0.05) is 22.5 Å². The molecule has 0 radical (unpaired) electrons. The molecule has 3 aromatic rings. The Morgan fingerprint density at radius 1 is 1.31 bits per heavy atom. The number of fused-ring (bicyclic) bond motifs is 3. The topological polar surface area (TPSA) is 68.9 Å². The third kappa shape index (κ3) is 1.07. The maximum absolute atomic E-state index is 11.7. The molecule has 3 N–H and O–H groups in total. The number of phenols is 1. The zero-order valence-electron chi connectivity index (χ0n) is 8.66. The van der Waals surface area contributed by atoms with Crippen molar-refractivity contribution in [2.75, 3.05) is 0 Å². The van der Waals surface area contributed by atoms with E-state index in [1.54, 1.807) is 24.4 Å². The van der Waals surface area contributed by atoms with Crippen LogP contribution >= 0.6 is 0 Å². The lowest BCUT2D eigenvalue weighted by molar-refractivity contribution is 0.476. The zero-order chi connectivity index (χ0) is 11.3. The van der Waals surface area contributed by atoms with Crippen LogP contribution in [0.2, 0.25) is 0 Å². The number of aromatic amines is 2. The highest BCUT2D eigenvalue weighted by Crippen LogP contribution is 2.26. The van der Waals surface area contributed by atoms with Crippen molar-refractivity contribution < 1.29 is 5.11 Å². The second kappa shape index (κ2) is 2.88. The Balaban J connectivity index is 2.69. The van der Waals surface area contributed by atoms with Crippen LogP contribution in [0.5, 0.6) is 5.75 Å². The fraction of sp³-hybridized carbons (Fsp3) is 0.0833. The largest absolute Gasteiger partial charge is 0.508 e. The summed E-state index contributed by atoms with van der Waals surface area (Å²) in [4.78, 5) is 17.5. The Morgan fingerprint density at radius 3 is 2.94 bits per heavy atom. The van der Waals surface area contributed by atoms with Gasteiger partial charge in [0.15, 0.2) is 0 Å². The van der Waals surface area contributed by atoms with E-state index in [0.717, 1.165) is 21.9 Å². The van der Waals surface area contributed by atoms with Gasteiger partial charge in [-0.1, -0.05) is 0 Å². The van der Waals surface area contributed by atoms with E-state index in [1.807, 2.05) is 6.92 Å². The summed E-state index contributed by atoms with van der Waals surface area (Å²) in [5, 5.41) is 11.2. The zero-order valence-corrected chi connectivity index (χ0v) is 8.66. The van der Waals surface area contributed by atoms with Gasteiger partial charge in [-0.05, 0) is 30.7 Å². The van der Waals surface area contributed by atoms with Crippen molar-refractivity contribution in [2.45, 2.75) is 6.92 Å². The first-order chi connectivity index (χ1) is 7.66. The fourth-order valence-electron chi connectivity index (χ4n) is 2.08. The van der Waals surface area contributed by atoms with E-state index in [0.29, 0.717) is 5.52 Å². The SMILES string of the molecule is Cc1c[nH]c2c(=O)[nH]c3ccc(O)cc3c12. The Hall–Kier alpha value is -2.23. The number of nitrogens with one attached hydrogen (secondary N) is 2. The van der Waals surface area contributed by atoms with Crippen molar-refractivity contribution in [3.8, 4) is 5.75 Å². The molecule has 0 aliphatic carbocycles. The highest BCUT2D eigenvalue weighted by Gasteiger charge is 2.09. The number of aromatic nitrogens is 2. The third-order valence-electron chi connectivity index (χ3n) is 2.83. The monoisotopic (exact) mass is 214 g/mol. The van der Waals surface area contributed by atoms with Crippen molar-refractivity contribution in [3.63, 3.8) is 0 Å². The van der Waals surface area contributed by atoms with Gasteiger partial charge in [0.25, 0.3) is 5.56 Å². The molecule has 0 saturated heterocycles. The summed E-state index contributed by atoms with van der Waals surface area (Å²) >= 11 is 0. The average Bonchev–Trinajstić information content (AvgIpc) is 2.63. The molecule has 4 nitrogen and oxygen atoms in total. The van der Waals surface area contributed by atoms with Crippen molar-refractivity contribution in [3.05, 3.63) is 40.3 Å². The van der Waals surface area contributed by atoms with E-state index in [9.17, 15) is 9.90 Å². The van der Waals surface area contributed by atoms with Gasteiger partial charge >= 0.3 is 0 Å². The molecule has 80 valence electrons. The second-order valence-corrected chi connectivity index (χ2v) is 3.91. The standard InChI is InChI=1S/C12H10N2O2/c1-6-5-13-11-10(6)8-4-7(15)2-3-9(8)14-12(11)16/h2-5,13,15H,1H3,(H,14,16). The smallest absolute Gasteiger partial charge is 0.272 e. The number of rotatable bonds is 0. The van der Waals surface area contributed by atoms with E-state index in [-0.39, 0.29) is 11.3 Å². The quantitative estimate of drug-likeness (QED) is 0.536. The number of hydrogen-bond acceptors (Lipinski definition) is 2. The molecule has 0 aliphatic heterocycles. The molecule has 0 spiro atoms. The Morgan fingerprint density at radius 2 is 2.12 bits per heavy atom. The molecule has 0 fully saturated rings. The number of benzene rings is 1. The van der Waals surface area contributed by atoms with Crippen LogP contribution in [0.4, 0.5) is 0 Å². The van der Waals surface area contributed by atoms with Crippen molar-refractivity contribution in [2.24, 2.45) is 0 Å². The molecular weight excluding hydrogens is 204 g/mol.